The zero-order valence-corrected chi connectivity index (χ0v) is 15.8. The molecule has 152 valence electrons. The number of carbonyl (C=O) groups is 1. The number of carbonyl (C=O) groups excluding carboxylic acids is 1. The Balaban J connectivity index is 1.70. The Morgan fingerprint density at radius 2 is 1.96 bits per heavy atom. The van der Waals surface area contributed by atoms with E-state index in [4.69, 9.17) is 16.0 Å². The first-order valence-corrected chi connectivity index (χ1v) is 9.68. The Bertz CT molecular complexity index is 842. The summed E-state index contributed by atoms with van der Waals surface area (Å²) in [6.45, 7) is 1.12. The third-order valence-corrected chi connectivity index (χ3v) is 5.64. The van der Waals surface area contributed by atoms with E-state index in [1.165, 1.54) is 6.26 Å². The van der Waals surface area contributed by atoms with Crippen LogP contribution in [-0.4, -0.2) is 39.9 Å². The van der Waals surface area contributed by atoms with Crippen LogP contribution in [-0.2, 0) is 0 Å². The number of alkyl halides is 3. The number of anilines is 1. The van der Waals surface area contributed by atoms with Crippen LogP contribution in [0, 0.1) is 0 Å². The molecule has 2 aromatic rings. The number of fused-ring (bicyclic) bond motifs is 1. The molecule has 4 heterocycles. The summed E-state index contributed by atoms with van der Waals surface area (Å²) in [4.78, 5) is 14.5. The summed E-state index contributed by atoms with van der Waals surface area (Å²) in [7, 11) is 0. The lowest BCUT2D eigenvalue weighted by molar-refractivity contribution is -0.174. The van der Waals surface area contributed by atoms with Crippen LogP contribution in [0.4, 0.5) is 19.0 Å². The van der Waals surface area contributed by atoms with Gasteiger partial charge < -0.3 is 14.6 Å². The summed E-state index contributed by atoms with van der Waals surface area (Å²) in [6, 6.07) is 0.599. The van der Waals surface area contributed by atoms with Gasteiger partial charge in [-0.05, 0) is 25.0 Å². The molecule has 2 atom stereocenters. The lowest BCUT2D eigenvalue weighted by atomic mass is 10.0. The number of halogens is 4. The maximum atomic E-state index is 13.7. The van der Waals surface area contributed by atoms with Crippen LogP contribution in [0.1, 0.15) is 60.4 Å². The second-order valence-corrected chi connectivity index (χ2v) is 7.55. The number of furan rings is 1. The van der Waals surface area contributed by atoms with Crippen LogP contribution in [0.25, 0.3) is 0 Å². The Kier molecular flexibility index (Phi) is 5.03. The molecule has 1 saturated heterocycles. The molecule has 0 unspecified atom stereocenters. The molecule has 2 aliphatic heterocycles. The van der Waals surface area contributed by atoms with Crippen molar-refractivity contribution in [3.63, 3.8) is 0 Å². The van der Waals surface area contributed by atoms with Gasteiger partial charge in [-0.1, -0.05) is 24.4 Å². The number of rotatable bonds is 2. The van der Waals surface area contributed by atoms with E-state index in [1.54, 1.807) is 17.0 Å². The van der Waals surface area contributed by atoms with E-state index in [1.807, 2.05) is 0 Å². The zero-order chi connectivity index (χ0) is 19.9. The van der Waals surface area contributed by atoms with Gasteiger partial charge in [-0.15, -0.1) is 0 Å². The minimum Gasteiger partial charge on any atom is -0.467 e. The van der Waals surface area contributed by atoms with Crippen LogP contribution in [0.5, 0.6) is 0 Å². The quantitative estimate of drug-likeness (QED) is 0.763. The van der Waals surface area contributed by atoms with Crippen LogP contribution >= 0.6 is 11.6 Å². The van der Waals surface area contributed by atoms with Crippen molar-refractivity contribution in [3.8, 4) is 0 Å². The molecular weight excluding hydrogens is 397 g/mol. The summed E-state index contributed by atoms with van der Waals surface area (Å²) >= 11 is 6.35. The van der Waals surface area contributed by atoms with E-state index in [2.05, 4.69) is 10.4 Å². The number of hydrogen-bond acceptors (Lipinski definition) is 4. The van der Waals surface area contributed by atoms with E-state index in [0.717, 1.165) is 30.4 Å². The fourth-order valence-corrected chi connectivity index (χ4v) is 4.09. The largest absolute Gasteiger partial charge is 0.467 e. The average Bonchev–Trinajstić information content (AvgIpc) is 3.20. The smallest absolute Gasteiger partial charge is 0.410 e. The number of hydrogen-bond donors (Lipinski definition) is 1. The van der Waals surface area contributed by atoms with Gasteiger partial charge in [0.1, 0.15) is 16.6 Å². The molecule has 2 aromatic heterocycles. The highest BCUT2D eigenvalue weighted by Crippen LogP contribution is 2.46. The van der Waals surface area contributed by atoms with Crippen molar-refractivity contribution in [2.24, 2.45) is 0 Å². The van der Waals surface area contributed by atoms with Crippen molar-refractivity contribution in [3.05, 3.63) is 34.9 Å². The van der Waals surface area contributed by atoms with E-state index in [-0.39, 0.29) is 23.0 Å². The second-order valence-electron chi connectivity index (χ2n) is 7.17. The number of nitrogens with one attached hydrogen (secondary N) is 1. The van der Waals surface area contributed by atoms with Gasteiger partial charge >= 0.3 is 6.18 Å². The van der Waals surface area contributed by atoms with Gasteiger partial charge in [-0.2, -0.15) is 18.3 Å². The summed E-state index contributed by atoms with van der Waals surface area (Å²) in [6.07, 6.45) is 0.335. The highest BCUT2D eigenvalue weighted by Gasteiger charge is 2.48. The third-order valence-electron chi connectivity index (χ3n) is 5.28. The molecule has 0 aromatic carbocycles. The molecule has 10 heteroatoms. The van der Waals surface area contributed by atoms with E-state index >= 15 is 0 Å². The van der Waals surface area contributed by atoms with Crippen molar-refractivity contribution >= 4 is 23.3 Å². The SMILES string of the molecule is O=C(c1nn2c(c1Cl)N[C@H](c1ccco1)C[C@H]2C(F)(F)F)N1CCCCCC1. The Morgan fingerprint density at radius 1 is 1.25 bits per heavy atom. The average molecular weight is 417 g/mol. The maximum absolute atomic E-state index is 13.7. The number of amides is 1. The van der Waals surface area contributed by atoms with Crippen molar-refractivity contribution in [1.29, 1.82) is 0 Å². The van der Waals surface area contributed by atoms with E-state index < -0.39 is 24.2 Å². The molecule has 1 N–H and O–H groups in total. The van der Waals surface area contributed by atoms with Gasteiger partial charge in [0.25, 0.3) is 5.91 Å². The number of aromatic nitrogens is 2. The summed E-state index contributed by atoms with van der Waals surface area (Å²) in [5.74, 6) is -0.0564. The van der Waals surface area contributed by atoms with Crippen molar-refractivity contribution < 1.29 is 22.4 Å². The molecule has 2 aliphatic rings. The highest BCUT2D eigenvalue weighted by molar-refractivity contribution is 6.36. The van der Waals surface area contributed by atoms with Crippen molar-refractivity contribution in [2.75, 3.05) is 18.4 Å². The van der Waals surface area contributed by atoms with Gasteiger partial charge in [-0.3, -0.25) is 4.79 Å². The normalized spacial score (nSPS) is 23.1. The molecular formula is C18H20ClF3N4O2. The third kappa shape index (κ3) is 3.47. The van der Waals surface area contributed by atoms with Crippen LogP contribution < -0.4 is 5.32 Å². The van der Waals surface area contributed by atoms with Crippen molar-refractivity contribution in [1.82, 2.24) is 14.7 Å². The fraction of sp³-hybridized carbons (Fsp3) is 0.556. The molecule has 28 heavy (non-hydrogen) atoms. The number of likely N-dealkylation sites (tertiary alicyclic amines) is 1. The molecule has 1 fully saturated rings. The topological polar surface area (TPSA) is 63.3 Å². The molecule has 4 rings (SSSR count). The first-order valence-electron chi connectivity index (χ1n) is 9.30. The maximum Gasteiger partial charge on any atom is 0.410 e. The molecule has 1 amide bonds. The van der Waals surface area contributed by atoms with Gasteiger partial charge in [0.2, 0.25) is 0 Å². The molecule has 0 saturated carbocycles. The summed E-state index contributed by atoms with van der Waals surface area (Å²) in [5, 5.41) is 6.88. The Hall–Kier alpha value is -2.16. The van der Waals surface area contributed by atoms with Crippen LogP contribution in [0.15, 0.2) is 22.8 Å². The first kappa shape index (κ1) is 19.2. The summed E-state index contributed by atoms with van der Waals surface area (Å²) < 4.78 is 47.3. The lowest BCUT2D eigenvalue weighted by Gasteiger charge is -2.32. The van der Waals surface area contributed by atoms with Gasteiger partial charge in [0.15, 0.2) is 11.7 Å². The van der Waals surface area contributed by atoms with Crippen LogP contribution in [0.3, 0.4) is 0 Å². The molecule has 0 radical (unpaired) electrons. The molecule has 0 spiro atoms. The van der Waals surface area contributed by atoms with Crippen LogP contribution in [0.2, 0.25) is 5.02 Å². The number of nitrogens with zero attached hydrogens (tertiary/aromatic N) is 3. The second kappa shape index (κ2) is 7.35. The fourth-order valence-electron chi connectivity index (χ4n) is 3.83. The zero-order valence-electron chi connectivity index (χ0n) is 15.0. The first-order chi connectivity index (χ1) is 13.4. The standard InChI is InChI=1S/C18H20ClF3N4O2/c19-14-15(17(27)25-7-3-1-2-4-8-25)24-26-13(18(20,21)22)10-11(23-16(14)26)12-6-5-9-28-12/h5-6,9,11,13,23H,1-4,7-8,10H2/t11-,13-/m0/s1. The predicted molar refractivity (Wildman–Crippen MR) is 96.4 cm³/mol. The monoisotopic (exact) mass is 416 g/mol. The molecule has 0 aliphatic carbocycles. The lowest BCUT2D eigenvalue weighted by Crippen LogP contribution is -2.36. The molecule has 6 nitrogen and oxygen atoms in total. The predicted octanol–water partition coefficient (Wildman–Crippen LogP) is 4.81. The highest BCUT2D eigenvalue weighted by atomic mass is 35.5. The minimum absolute atomic E-state index is 0.00480. The van der Waals surface area contributed by atoms with E-state index in [0.29, 0.717) is 18.8 Å². The minimum atomic E-state index is -4.54. The van der Waals surface area contributed by atoms with Crippen molar-refractivity contribution in [2.45, 2.75) is 50.4 Å². The van der Waals surface area contributed by atoms with Gasteiger partial charge in [0, 0.05) is 19.5 Å². The molecule has 0 bridgehead atoms. The van der Waals surface area contributed by atoms with Gasteiger partial charge in [-0.25, -0.2) is 4.68 Å². The summed E-state index contributed by atoms with van der Waals surface area (Å²) in [5.41, 5.74) is -0.139. The van der Waals surface area contributed by atoms with E-state index in [9.17, 15) is 18.0 Å². The Morgan fingerprint density at radius 3 is 2.57 bits per heavy atom. The van der Waals surface area contributed by atoms with Gasteiger partial charge in [0.05, 0.1) is 12.3 Å². The Labute approximate surface area is 164 Å².